The summed E-state index contributed by atoms with van der Waals surface area (Å²) in [5, 5.41) is 4.39. The lowest BCUT2D eigenvalue weighted by Crippen LogP contribution is -2.36. The molecule has 0 aliphatic carbocycles. The molecule has 1 N–H and O–H groups in total. The molecule has 1 saturated heterocycles. The first kappa shape index (κ1) is 14.8. The number of aryl methyl sites for hydroxylation is 1. The number of fused-ring (bicyclic) bond motifs is 1. The van der Waals surface area contributed by atoms with E-state index in [1.165, 1.54) is 0 Å². The van der Waals surface area contributed by atoms with E-state index in [0.717, 1.165) is 60.2 Å². The zero-order valence-electron chi connectivity index (χ0n) is 13.6. The predicted molar refractivity (Wildman–Crippen MR) is 94.8 cm³/mol. The topological polar surface area (TPSA) is 63.2 Å². The summed E-state index contributed by atoms with van der Waals surface area (Å²) in [4.78, 5) is 15.7. The Hall–Kier alpha value is -2.73. The van der Waals surface area contributed by atoms with Gasteiger partial charge in [-0.1, -0.05) is 12.1 Å². The average Bonchev–Trinajstić information content (AvgIpc) is 2.64. The van der Waals surface area contributed by atoms with Crippen molar-refractivity contribution < 1.29 is 4.74 Å². The minimum Gasteiger partial charge on any atom is -0.378 e. The van der Waals surface area contributed by atoms with Gasteiger partial charge in [-0.2, -0.15) is 0 Å². The Bertz CT molecular complexity index is 856. The number of pyridine rings is 1. The Kier molecular flexibility index (Phi) is 3.96. The van der Waals surface area contributed by atoms with Gasteiger partial charge in [-0.25, -0.2) is 15.0 Å². The first-order chi connectivity index (χ1) is 11.8. The summed E-state index contributed by atoms with van der Waals surface area (Å²) in [5.74, 6) is 1.79. The van der Waals surface area contributed by atoms with Gasteiger partial charge in [0.05, 0.1) is 30.1 Å². The Morgan fingerprint density at radius 2 is 1.88 bits per heavy atom. The van der Waals surface area contributed by atoms with Crippen LogP contribution in [-0.4, -0.2) is 41.3 Å². The summed E-state index contributed by atoms with van der Waals surface area (Å²) in [6.45, 7) is 5.29. The first-order valence-corrected chi connectivity index (χ1v) is 8.08. The quantitative estimate of drug-likeness (QED) is 0.800. The van der Waals surface area contributed by atoms with E-state index in [1.807, 2.05) is 37.3 Å². The lowest BCUT2D eigenvalue weighted by atomic mass is 10.2. The number of hydrogen-bond donors (Lipinski definition) is 1. The van der Waals surface area contributed by atoms with Gasteiger partial charge < -0.3 is 15.0 Å². The zero-order chi connectivity index (χ0) is 16.4. The third-order valence-corrected chi connectivity index (χ3v) is 4.20. The molecule has 24 heavy (non-hydrogen) atoms. The van der Waals surface area contributed by atoms with Crippen LogP contribution in [0, 0.1) is 6.92 Å². The number of aromatic nitrogens is 3. The van der Waals surface area contributed by atoms with Gasteiger partial charge >= 0.3 is 0 Å². The minimum atomic E-state index is 0.758. The van der Waals surface area contributed by atoms with Crippen molar-refractivity contribution in [2.24, 2.45) is 0 Å². The number of anilines is 3. The Morgan fingerprint density at radius 1 is 1.04 bits per heavy atom. The SMILES string of the molecule is Cc1nc(N2CCOCC2)ccc1Nc1ncnc2ccccc12. The Balaban J connectivity index is 1.62. The van der Waals surface area contributed by atoms with Crippen molar-refractivity contribution in [3.63, 3.8) is 0 Å². The Labute approximate surface area is 140 Å². The van der Waals surface area contributed by atoms with Crippen molar-refractivity contribution in [2.75, 3.05) is 36.5 Å². The molecular weight excluding hydrogens is 302 g/mol. The van der Waals surface area contributed by atoms with E-state index in [4.69, 9.17) is 9.72 Å². The first-order valence-electron chi connectivity index (χ1n) is 8.08. The number of nitrogens with zero attached hydrogens (tertiary/aromatic N) is 4. The number of ether oxygens (including phenoxy) is 1. The van der Waals surface area contributed by atoms with Gasteiger partial charge in [0.15, 0.2) is 0 Å². The van der Waals surface area contributed by atoms with E-state index in [-0.39, 0.29) is 0 Å². The predicted octanol–water partition coefficient (Wildman–Crippen LogP) is 2.91. The molecule has 3 aromatic rings. The van der Waals surface area contributed by atoms with E-state index in [1.54, 1.807) is 6.33 Å². The highest BCUT2D eigenvalue weighted by Gasteiger charge is 2.14. The van der Waals surface area contributed by atoms with Crippen LogP contribution in [0.15, 0.2) is 42.7 Å². The van der Waals surface area contributed by atoms with Crippen molar-refractivity contribution in [3.05, 3.63) is 48.4 Å². The van der Waals surface area contributed by atoms with Crippen LogP contribution in [0.1, 0.15) is 5.69 Å². The van der Waals surface area contributed by atoms with Gasteiger partial charge in [-0.05, 0) is 31.2 Å². The molecule has 0 saturated carbocycles. The number of hydrogen-bond acceptors (Lipinski definition) is 6. The minimum absolute atomic E-state index is 0.758. The Morgan fingerprint density at radius 3 is 2.71 bits per heavy atom. The molecule has 6 nitrogen and oxygen atoms in total. The second kappa shape index (κ2) is 6.41. The molecule has 1 aliphatic heterocycles. The molecule has 1 aromatic carbocycles. The van der Waals surface area contributed by atoms with E-state index >= 15 is 0 Å². The number of para-hydroxylation sites is 1. The summed E-state index contributed by atoms with van der Waals surface area (Å²) < 4.78 is 5.40. The maximum Gasteiger partial charge on any atom is 0.141 e. The van der Waals surface area contributed by atoms with Crippen LogP contribution in [-0.2, 0) is 4.74 Å². The van der Waals surface area contributed by atoms with Crippen LogP contribution < -0.4 is 10.2 Å². The van der Waals surface area contributed by atoms with Gasteiger partial charge in [0.25, 0.3) is 0 Å². The van der Waals surface area contributed by atoms with Gasteiger partial charge in [0, 0.05) is 18.5 Å². The second-order valence-electron chi connectivity index (χ2n) is 5.77. The summed E-state index contributed by atoms with van der Waals surface area (Å²) >= 11 is 0. The number of morpholine rings is 1. The summed E-state index contributed by atoms with van der Waals surface area (Å²) in [6.07, 6.45) is 1.58. The fourth-order valence-electron chi connectivity index (χ4n) is 2.88. The fourth-order valence-corrected chi connectivity index (χ4v) is 2.88. The lowest BCUT2D eigenvalue weighted by Gasteiger charge is -2.28. The monoisotopic (exact) mass is 321 g/mol. The molecule has 0 spiro atoms. The highest BCUT2D eigenvalue weighted by atomic mass is 16.5. The van der Waals surface area contributed by atoms with Crippen molar-refractivity contribution >= 4 is 28.2 Å². The standard InChI is InChI=1S/C18H19N5O/c1-13-15(6-7-17(21-13)23-8-10-24-11-9-23)22-18-14-4-2-3-5-16(14)19-12-20-18/h2-7,12H,8-11H2,1H3,(H,19,20,22). The van der Waals surface area contributed by atoms with Crippen LogP contribution >= 0.6 is 0 Å². The molecule has 4 rings (SSSR count). The molecule has 122 valence electrons. The molecule has 1 aliphatic rings. The van der Waals surface area contributed by atoms with Crippen LogP contribution in [0.2, 0.25) is 0 Å². The third-order valence-electron chi connectivity index (χ3n) is 4.20. The van der Waals surface area contributed by atoms with Gasteiger partial charge in [0.1, 0.15) is 18.0 Å². The highest BCUT2D eigenvalue weighted by molar-refractivity contribution is 5.90. The maximum atomic E-state index is 5.40. The van der Waals surface area contributed by atoms with E-state index in [2.05, 4.69) is 26.3 Å². The van der Waals surface area contributed by atoms with Crippen molar-refractivity contribution in [3.8, 4) is 0 Å². The molecule has 1 fully saturated rings. The summed E-state index contributed by atoms with van der Waals surface area (Å²) in [6, 6.07) is 12.1. The highest BCUT2D eigenvalue weighted by Crippen LogP contribution is 2.25. The van der Waals surface area contributed by atoms with Crippen molar-refractivity contribution in [1.29, 1.82) is 0 Å². The molecule has 0 atom stereocenters. The van der Waals surface area contributed by atoms with E-state index in [0.29, 0.717) is 0 Å². The number of nitrogens with one attached hydrogen (secondary N) is 1. The van der Waals surface area contributed by atoms with E-state index < -0.39 is 0 Å². The lowest BCUT2D eigenvalue weighted by molar-refractivity contribution is 0.122. The largest absolute Gasteiger partial charge is 0.378 e. The molecule has 0 unspecified atom stereocenters. The van der Waals surface area contributed by atoms with Gasteiger partial charge in [0.2, 0.25) is 0 Å². The molecular formula is C18H19N5O. The summed E-state index contributed by atoms with van der Waals surface area (Å²) in [5.41, 5.74) is 2.82. The van der Waals surface area contributed by atoms with Crippen LogP contribution in [0.4, 0.5) is 17.3 Å². The molecule has 6 heteroatoms. The number of rotatable bonds is 3. The van der Waals surface area contributed by atoms with Crippen molar-refractivity contribution in [1.82, 2.24) is 15.0 Å². The van der Waals surface area contributed by atoms with E-state index in [9.17, 15) is 0 Å². The number of benzene rings is 1. The zero-order valence-corrected chi connectivity index (χ0v) is 13.6. The van der Waals surface area contributed by atoms with Gasteiger partial charge in [-0.15, -0.1) is 0 Å². The van der Waals surface area contributed by atoms with Crippen LogP contribution in [0.3, 0.4) is 0 Å². The average molecular weight is 321 g/mol. The second-order valence-corrected chi connectivity index (χ2v) is 5.77. The normalized spacial score (nSPS) is 14.8. The molecule has 0 radical (unpaired) electrons. The molecule has 0 amide bonds. The fraction of sp³-hybridized carbons (Fsp3) is 0.278. The molecule has 3 heterocycles. The van der Waals surface area contributed by atoms with Crippen LogP contribution in [0.25, 0.3) is 10.9 Å². The molecule has 0 bridgehead atoms. The van der Waals surface area contributed by atoms with Gasteiger partial charge in [-0.3, -0.25) is 0 Å². The van der Waals surface area contributed by atoms with Crippen LogP contribution in [0.5, 0.6) is 0 Å². The molecule has 2 aromatic heterocycles. The van der Waals surface area contributed by atoms with Crippen molar-refractivity contribution in [2.45, 2.75) is 6.92 Å². The third kappa shape index (κ3) is 2.88. The maximum absolute atomic E-state index is 5.40. The summed E-state index contributed by atoms with van der Waals surface area (Å²) in [7, 11) is 0. The smallest absolute Gasteiger partial charge is 0.141 e.